The molecular formula is C20H15BrF3N3O2. The van der Waals surface area contributed by atoms with E-state index >= 15 is 0 Å². The smallest absolute Gasteiger partial charge is 0.416 e. The van der Waals surface area contributed by atoms with Crippen LogP contribution in [0.1, 0.15) is 23.7 Å². The predicted octanol–water partition coefficient (Wildman–Crippen LogP) is 5.24. The second kappa shape index (κ2) is 7.89. The van der Waals surface area contributed by atoms with Crippen LogP contribution in [0.3, 0.4) is 0 Å². The van der Waals surface area contributed by atoms with Crippen LogP contribution in [0.15, 0.2) is 59.5 Å². The number of rotatable bonds is 5. The molecular weight excluding hydrogens is 451 g/mol. The number of aromatic nitrogens is 2. The molecule has 2 aromatic carbocycles. The third-order valence-electron chi connectivity index (χ3n) is 4.23. The summed E-state index contributed by atoms with van der Waals surface area (Å²) < 4.78 is 48.8. The van der Waals surface area contributed by atoms with Crippen molar-refractivity contribution in [1.29, 1.82) is 5.26 Å². The van der Waals surface area contributed by atoms with Crippen LogP contribution >= 0.6 is 15.9 Å². The van der Waals surface area contributed by atoms with Crippen LogP contribution in [0.25, 0.3) is 0 Å². The summed E-state index contributed by atoms with van der Waals surface area (Å²) in [5, 5.41) is 19.9. The van der Waals surface area contributed by atoms with Gasteiger partial charge in [-0.3, -0.25) is 0 Å². The molecule has 1 N–H and O–H groups in total. The van der Waals surface area contributed by atoms with Gasteiger partial charge in [-0.2, -0.15) is 18.4 Å². The van der Waals surface area contributed by atoms with Crippen molar-refractivity contribution >= 4 is 15.9 Å². The highest BCUT2D eigenvalue weighted by Crippen LogP contribution is 2.40. The summed E-state index contributed by atoms with van der Waals surface area (Å²) in [6, 6.07) is 11.9. The summed E-state index contributed by atoms with van der Waals surface area (Å²) in [4.78, 5) is 3.79. The topological polar surface area (TPSA) is 71.1 Å². The van der Waals surface area contributed by atoms with Crippen LogP contribution < -0.4 is 4.74 Å². The molecule has 0 spiro atoms. The zero-order valence-electron chi connectivity index (χ0n) is 15.1. The van der Waals surface area contributed by atoms with Crippen LogP contribution in [0.5, 0.6) is 11.5 Å². The minimum absolute atomic E-state index is 0.0143. The molecule has 1 heterocycles. The lowest BCUT2D eigenvalue weighted by Gasteiger charge is -2.28. The summed E-state index contributed by atoms with van der Waals surface area (Å²) >= 11 is 3.28. The number of alkyl halides is 3. The molecule has 150 valence electrons. The number of imidazole rings is 1. The fourth-order valence-corrected chi connectivity index (χ4v) is 3.15. The second-order valence-electron chi connectivity index (χ2n) is 6.55. The number of benzene rings is 2. The molecule has 5 nitrogen and oxygen atoms in total. The van der Waals surface area contributed by atoms with Crippen LogP contribution in [0.4, 0.5) is 13.2 Å². The van der Waals surface area contributed by atoms with Crippen molar-refractivity contribution in [2.75, 3.05) is 0 Å². The molecule has 0 aliphatic rings. The van der Waals surface area contributed by atoms with Crippen LogP contribution in [0.2, 0.25) is 0 Å². The Bertz CT molecular complexity index is 1050. The van der Waals surface area contributed by atoms with Crippen molar-refractivity contribution in [1.82, 2.24) is 9.55 Å². The van der Waals surface area contributed by atoms with Gasteiger partial charge in [0.2, 0.25) is 0 Å². The lowest BCUT2D eigenvalue weighted by molar-refractivity contribution is -0.140. The van der Waals surface area contributed by atoms with Gasteiger partial charge >= 0.3 is 6.18 Å². The number of aliphatic hydroxyl groups is 1. The van der Waals surface area contributed by atoms with E-state index < -0.39 is 17.3 Å². The van der Waals surface area contributed by atoms with E-state index in [2.05, 4.69) is 20.9 Å². The first-order valence-corrected chi connectivity index (χ1v) is 9.17. The largest absolute Gasteiger partial charge is 0.457 e. The monoisotopic (exact) mass is 465 g/mol. The first kappa shape index (κ1) is 20.9. The average Bonchev–Trinajstić information content (AvgIpc) is 3.09. The van der Waals surface area contributed by atoms with Gasteiger partial charge < -0.3 is 14.4 Å². The van der Waals surface area contributed by atoms with Gasteiger partial charge in [0.15, 0.2) is 0 Å². The van der Waals surface area contributed by atoms with Crippen molar-refractivity contribution in [3.63, 3.8) is 0 Å². The molecule has 0 amide bonds. The Kier molecular flexibility index (Phi) is 5.68. The molecule has 0 bridgehead atoms. The molecule has 0 saturated carbocycles. The Hall–Kier alpha value is -2.83. The van der Waals surface area contributed by atoms with Gasteiger partial charge in [-0.25, -0.2) is 4.98 Å². The Labute approximate surface area is 173 Å². The summed E-state index contributed by atoms with van der Waals surface area (Å²) in [5.74, 6) is 0.359. The second-order valence-corrected chi connectivity index (χ2v) is 7.47. The van der Waals surface area contributed by atoms with E-state index in [0.717, 1.165) is 10.5 Å². The third-order valence-corrected chi connectivity index (χ3v) is 4.76. The Morgan fingerprint density at radius 2 is 1.79 bits per heavy atom. The van der Waals surface area contributed by atoms with Crippen molar-refractivity contribution in [3.05, 3.63) is 76.3 Å². The van der Waals surface area contributed by atoms with Crippen LogP contribution in [0, 0.1) is 11.3 Å². The van der Waals surface area contributed by atoms with Crippen LogP contribution in [-0.2, 0) is 18.3 Å². The maximum atomic E-state index is 13.7. The van der Waals surface area contributed by atoms with Crippen molar-refractivity contribution in [3.8, 4) is 17.6 Å². The highest BCUT2D eigenvalue weighted by atomic mass is 79.9. The number of nitrogens with zero attached hydrogens (tertiary/aromatic N) is 3. The lowest BCUT2D eigenvalue weighted by atomic mass is 9.90. The summed E-state index contributed by atoms with van der Waals surface area (Å²) in [7, 11) is 0. The minimum atomic E-state index is -4.72. The van der Waals surface area contributed by atoms with Gasteiger partial charge in [0.05, 0.1) is 24.6 Å². The van der Waals surface area contributed by atoms with Gasteiger partial charge in [-0.1, -0.05) is 22.0 Å². The Balaban J connectivity index is 1.97. The molecule has 0 aliphatic heterocycles. The van der Waals surface area contributed by atoms with E-state index in [4.69, 9.17) is 10.00 Å². The quantitative estimate of drug-likeness (QED) is 0.559. The maximum absolute atomic E-state index is 13.7. The molecule has 1 unspecified atom stereocenters. The zero-order valence-corrected chi connectivity index (χ0v) is 16.7. The number of hydrogen-bond acceptors (Lipinski definition) is 4. The standard InChI is InChI=1S/C20H15BrF3N3O2/c1-19(28,11-27-12-26-10-14(27)9-25)17-7-6-16(8-18(17)20(22,23)24)29-15-4-2-13(21)3-5-15/h2-8,10,12,28H,11H2,1H3. The molecule has 9 heteroatoms. The Morgan fingerprint density at radius 1 is 1.14 bits per heavy atom. The molecule has 0 saturated heterocycles. The molecule has 0 aliphatic carbocycles. The number of ether oxygens (including phenoxy) is 1. The maximum Gasteiger partial charge on any atom is 0.416 e. The molecule has 1 aromatic heterocycles. The summed E-state index contributed by atoms with van der Waals surface area (Å²) in [6.07, 6.45) is -2.16. The number of halogens is 4. The Morgan fingerprint density at radius 3 is 2.41 bits per heavy atom. The third kappa shape index (κ3) is 4.78. The summed E-state index contributed by atoms with van der Waals surface area (Å²) in [5.41, 5.74) is -3.12. The highest BCUT2D eigenvalue weighted by Gasteiger charge is 2.39. The predicted molar refractivity (Wildman–Crippen MR) is 102 cm³/mol. The van der Waals surface area contributed by atoms with E-state index in [1.807, 2.05) is 6.07 Å². The normalized spacial score (nSPS) is 13.6. The van der Waals surface area contributed by atoms with E-state index in [1.165, 1.54) is 36.1 Å². The van der Waals surface area contributed by atoms with Gasteiger partial charge in [0.25, 0.3) is 0 Å². The first-order valence-electron chi connectivity index (χ1n) is 8.38. The molecule has 3 rings (SSSR count). The van der Waals surface area contributed by atoms with Crippen molar-refractivity contribution < 1.29 is 23.0 Å². The fourth-order valence-electron chi connectivity index (χ4n) is 2.89. The number of hydrogen-bond donors (Lipinski definition) is 1. The SMILES string of the molecule is CC(O)(Cn1cncc1C#N)c1ccc(Oc2ccc(Br)cc2)cc1C(F)(F)F. The van der Waals surface area contributed by atoms with Crippen molar-refractivity contribution in [2.24, 2.45) is 0 Å². The molecule has 0 radical (unpaired) electrons. The van der Waals surface area contributed by atoms with E-state index in [0.29, 0.717) is 5.75 Å². The molecule has 1 atom stereocenters. The molecule has 0 fully saturated rings. The zero-order chi connectivity index (χ0) is 21.2. The van der Waals surface area contributed by atoms with E-state index in [9.17, 15) is 18.3 Å². The average molecular weight is 466 g/mol. The van der Waals surface area contributed by atoms with Gasteiger partial charge in [0.1, 0.15) is 28.9 Å². The molecule has 29 heavy (non-hydrogen) atoms. The van der Waals surface area contributed by atoms with Crippen molar-refractivity contribution in [2.45, 2.75) is 25.2 Å². The lowest BCUT2D eigenvalue weighted by Crippen LogP contribution is -2.31. The fraction of sp³-hybridized carbons (Fsp3) is 0.200. The molecule has 3 aromatic rings. The summed E-state index contributed by atoms with van der Waals surface area (Å²) in [6.45, 7) is 0.986. The first-order chi connectivity index (χ1) is 13.6. The van der Waals surface area contributed by atoms with E-state index in [-0.39, 0.29) is 23.6 Å². The minimum Gasteiger partial charge on any atom is -0.457 e. The van der Waals surface area contributed by atoms with Gasteiger partial charge in [-0.05, 0) is 48.9 Å². The number of nitriles is 1. The van der Waals surface area contributed by atoms with Gasteiger partial charge in [0, 0.05) is 4.47 Å². The van der Waals surface area contributed by atoms with Crippen LogP contribution in [-0.4, -0.2) is 14.7 Å². The van der Waals surface area contributed by atoms with E-state index in [1.54, 1.807) is 24.3 Å². The highest BCUT2D eigenvalue weighted by molar-refractivity contribution is 9.10. The van der Waals surface area contributed by atoms with Gasteiger partial charge in [-0.15, -0.1) is 0 Å².